The molecule has 28 heavy (non-hydrogen) atoms. The number of allylic oxidation sites excluding steroid dienone is 2. The smallest absolute Gasteiger partial charge is 0.219 e. The summed E-state index contributed by atoms with van der Waals surface area (Å²) in [7, 11) is 0. The van der Waals surface area contributed by atoms with Crippen molar-refractivity contribution in [3.63, 3.8) is 0 Å². The Labute approximate surface area is 164 Å². The number of nitrogens with two attached hydrogens (primary N) is 4. The van der Waals surface area contributed by atoms with E-state index in [1.165, 1.54) is 23.0 Å². The number of phenols is 1. The van der Waals surface area contributed by atoms with E-state index in [0.29, 0.717) is 12.1 Å². The van der Waals surface area contributed by atoms with Gasteiger partial charge in [-0.15, -0.1) is 0 Å². The van der Waals surface area contributed by atoms with Crippen molar-refractivity contribution in [2.75, 3.05) is 6.54 Å². The Morgan fingerprint density at radius 2 is 1.93 bits per heavy atom. The first-order chi connectivity index (χ1) is 13.3. The SMILES string of the molecule is CCC(CCN)C(C)n1ncc(C(/C=C(\N)c2ccccc2O)=C(N)N)c1F. The van der Waals surface area contributed by atoms with Crippen LogP contribution in [0, 0.1) is 11.9 Å². The average Bonchev–Trinajstić information content (AvgIpc) is 3.04. The van der Waals surface area contributed by atoms with Crippen LogP contribution in [0.3, 0.4) is 0 Å². The van der Waals surface area contributed by atoms with Crippen molar-refractivity contribution >= 4 is 11.3 Å². The molecule has 2 unspecified atom stereocenters. The highest BCUT2D eigenvalue weighted by Crippen LogP contribution is 2.30. The fourth-order valence-electron chi connectivity index (χ4n) is 3.28. The van der Waals surface area contributed by atoms with E-state index in [9.17, 15) is 5.11 Å². The van der Waals surface area contributed by atoms with E-state index in [1.54, 1.807) is 18.2 Å². The van der Waals surface area contributed by atoms with Crippen LogP contribution in [-0.4, -0.2) is 21.4 Å². The van der Waals surface area contributed by atoms with Crippen molar-refractivity contribution in [1.82, 2.24) is 9.78 Å². The van der Waals surface area contributed by atoms with E-state index in [4.69, 9.17) is 22.9 Å². The molecule has 2 atom stereocenters. The van der Waals surface area contributed by atoms with Crippen LogP contribution in [-0.2, 0) is 0 Å². The van der Waals surface area contributed by atoms with Gasteiger partial charge >= 0.3 is 0 Å². The third-order valence-electron chi connectivity index (χ3n) is 4.98. The minimum absolute atomic E-state index is 0.00329. The first-order valence-corrected chi connectivity index (χ1v) is 9.25. The van der Waals surface area contributed by atoms with E-state index in [2.05, 4.69) is 5.10 Å². The monoisotopic (exact) mass is 388 g/mol. The largest absolute Gasteiger partial charge is 0.507 e. The summed E-state index contributed by atoms with van der Waals surface area (Å²) in [5.74, 6) is -0.452. The normalized spacial score (nSPS) is 13.9. The molecule has 1 heterocycles. The highest BCUT2D eigenvalue weighted by atomic mass is 19.1. The molecule has 0 bridgehead atoms. The van der Waals surface area contributed by atoms with Crippen LogP contribution >= 0.6 is 0 Å². The minimum atomic E-state index is -0.548. The maximum Gasteiger partial charge on any atom is 0.219 e. The van der Waals surface area contributed by atoms with Gasteiger partial charge in [-0.3, -0.25) is 0 Å². The molecule has 1 aromatic heterocycles. The molecule has 0 saturated carbocycles. The second-order valence-corrected chi connectivity index (χ2v) is 6.77. The zero-order chi connectivity index (χ0) is 20.8. The Morgan fingerprint density at radius 3 is 2.50 bits per heavy atom. The van der Waals surface area contributed by atoms with E-state index < -0.39 is 5.95 Å². The topological polar surface area (TPSA) is 142 Å². The van der Waals surface area contributed by atoms with Crippen LogP contribution in [0.5, 0.6) is 5.75 Å². The third-order valence-corrected chi connectivity index (χ3v) is 4.98. The lowest BCUT2D eigenvalue weighted by molar-refractivity contribution is 0.274. The predicted octanol–water partition coefficient (Wildman–Crippen LogP) is 2.25. The molecule has 7 nitrogen and oxygen atoms in total. The van der Waals surface area contributed by atoms with Crippen molar-refractivity contribution in [2.24, 2.45) is 28.9 Å². The molecule has 0 aliphatic carbocycles. The van der Waals surface area contributed by atoms with Crippen LogP contribution in [0.15, 0.2) is 42.4 Å². The quantitative estimate of drug-likeness (QED) is 0.439. The summed E-state index contributed by atoms with van der Waals surface area (Å²) in [5.41, 5.74) is 24.3. The fraction of sp³-hybridized carbons (Fsp3) is 0.350. The first kappa shape index (κ1) is 21.3. The van der Waals surface area contributed by atoms with Gasteiger partial charge in [-0.1, -0.05) is 25.5 Å². The molecule has 0 amide bonds. The molecule has 152 valence electrons. The summed E-state index contributed by atoms with van der Waals surface area (Å²) in [6.07, 6.45) is 4.45. The highest BCUT2D eigenvalue weighted by molar-refractivity contribution is 5.84. The molecule has 2 rings (SSSR count). The Hall–Kier alpha value is -3.00. The number of benzene rings is 1. The number of aromatic nitrogens is 2. The van der Waals surface area contributed by atoms with Crippen molar-refractivity contribution in [1.29, 1.82) is 0 Å². The van der Waals surface area contributed by atoms with Gasteiger partial charge in [0.1, 0.15) is 11.6 Å². The van der Waals surface area contributed by atoms with Crippen LogP contribution in [0.4, 0.5) is 4.39 Å². The van der Waals surface area contributed by atoms with Crippen LogP contribution in [0.25, 0.3) is 11.3 Å². The Bertz CT molecular complexity index is 869. The van der Waals surface area contributed by atoms with Gasteiger partial charge in [0.2, 0.25) is 5.95 Å². The zero-order valence-corrected chi connectivity index (χ0v) is 16.3. The molecule has 0 aliphatic rings. The number of hydrogen-bond acceptors (Lipinski definition) is 6. The van der Waals surface area contributed by atoms with E-state index >= 15 is 4.39 Å². The maximum atomic E-state index is 15.2. The lowest BCUT2D eigenvalue weighted by Gasteiger charge is -2.22. The van der Waals surface area contributed by atoms with Crippen LogP contribution in [0.2, 0.25) is 0 Å². The van der Waals surface area contributed by atoms with Gasteiger partial charge in [0.05, 0.1) is 17.8 Å². The predicted molar refractivity (Wildman–Crippen MR) is 110 cm³/mol. The summed E-state index contributed by atoms with van der Waals surface area (Å²) in [4.78, 5) is 0. The van der Waals surface area contributed by atoms with E-state index in [-0.39, 0.29) is 40.4 Å². The number of hydrogen-bond donors (Lipinski definition) is 5. The Kier molecular flexibility index (Phi) is 7.06. The lowest BCUT2D eigenvalue weighted by Crippen LogP contribution is -2.21. The summed E-state index contributed by atoms with van der Waals surface area (Å²) in [5, 5.41) is 14.2. The van der Waals surface area contributed by atoms with Crippen molar-refractivity contribution < 1.29 is 9.50 Å². The molecule has 0 aliphatic heterocycles. The maximum absolute atomic E-state index is 15.2. The molecular weight excluding hydrogens is 359 g/mol. The van der Waals surface area contributed by atoms with Gasteiger partial charge in [-0.25, -0.2) is 4.68 Å². The molecule has 0 fully saturated rings. The summed E-state index contributed by atoms with van der Waals surface area (Å²) >= 11 is 0. The van der Waals surface area contributed by atoms with Gasteiger partial charge in [0.25, 0.3) is 0 Å². The Morgan fingerprint density at radius 1 is 1.25 bits per heavy atom. The number of halogens is 1. The lowest BCUT2D eigenvalue weighted by atomic mass is 9.95. The first-order valence-electron chi connectivity index (χ1n) is 9.25. The Balaban J connectivity index is 2.44. The average molecular weight is 388 g/mol. The fourth-order valence-corrected chi connectivity index (χ4v) is 3.28. The number of phenolic OH excluding ortho intramolecular Hbond substituents is 1. The van der Waals surface area contributed by atoms with Gasteiger partial charge in [-0.2, -0.15) is 9.49 Å². The standard InChI is InChI=1S/C20H29FN6O/c1-3-13(8-9-22)12(2)27-19(21)16(11-26-27)15(20(24)25)10-17(23)14-6-4-5-7-18(14)28/h4-7,10-13,28H,3,8-9,22-25H2,1-2H3/b17-10-. The molecular formula is C20H29FN6O. The summed E-state index contributed by atoms with van der Waals surface area (Å²) < 4.78 is 16.5. The number of nitrogens with zero attached hydrogens (tertiary/aromatic N) is 2. The van der Waals surface area contributed by atoms with Crippen LogP contribution < -0.4 is 22.9 Å². The summed E-state index contributed by atoms with van der Waals surface area (Å²) in [6.45, 7) is 4.47. The third kappa shape index (κ3) is 4.45. The number of aromatic hydroxyl groups is 1. The second kappa shape index (κ2) is 9.27. The van der Waals surface area contributed by atoms with Crippen LogP contribution in [0.1, 0.15) is 43.9 Å². The molecule has 1 aromatic carbocycles. The van der Waals surface area contributed by atoms with E-state index in [0.717, 1.165) is 12.8 Å². The molecule has 8 heteroatoms. The zero-order valence-electron chi connectivity index (χ0n) is 16.3. The van der Waals surface area contributed by atoms with Gasteiger partial charge < -0.3 is 28.0 Å². The van der Waals surface area contributed by atoms with Gasteiger partial charge in [0, 0.05) is 16.8 Å². The molecule has 0 radical (unpaired) electrons. The molecule has 9 N–H and O–H groups in total. The minimum Gasteiger partial charge on any atom is -0.507 e. The molecule has 0 spiro atoms. The second-order valence-electron chi connectivity index (χ2n) is 6.77. The number of para-hydroxylation sites is 1. The number of rotatable bonds is 8. The van der Waals surface area contributed by atoms with Gasteiger partial charge in [-0.05, 0) is 44.0 Å². The van der Waals surface area contributed by atoms with Gasteiger partial charge in [0.15, 0.2) is 0 Å². The van der Waals surface area contributed by atoms with Crippen molar-refractivity contribution in [3.8, 4) is 5.75 Å². The van der Waals surface area contributed by atoms with Crippen molar-refractivity contribution in [2.45, 2.75) is 32.7 Å². The molecule has 0 saturated heterocycles. The van der Waals surface area contributed by atoms with E-state index in [1.807, 2.05) is 13.8 Å². The summed E-state index contributed by atoms with van der Waals surface area (Å²) in [6, 6.07) is 6.38. The van der Waals surface area contributed by atoms with Crippen molar-refractivity contribution in [3.05, 3.63) is 59.4 Å². The molecule has 2 aromatic rings. The highest BCUT2D eigenvalue weighted by Gasteiger charge is 2.23.